The summed E-state index contributed by atoms with van der Waals surface area (Å²) in [5.74, 6) is 0.0869. The number of aromatic nitrogens is 2. The van der Waals surface area contributed by atoms with Crippen LogP contribution in [-0.2, 0) is 0 Å². The van der Waals surface area contributed by atoms with E-state index in [0.29, 0.717) is 22.7 Å². The molecule has 1 aromatic carbocycles. The molecule has 2 atom stereocenters. The van der Waals surface area contributed by atoms with Gasteiger partial charge in [0.2, 0.25) is 0 Å². The Morgan fingerprint density at radius 1 is 1.22 bits per heavy atom. The molecule has 3 heterocycles. The lowest BCUT2D eigenvalue weighted by Crippen LogP contribution is -2.54. The minimum absolute atomic E-state index is 0.0869. The van der Waals surface area contributed by atoms with E-state index >= 15 is 0 Å². The van der Waals surface area contributed by atoms with Gasteiger partial charge in [-0.15, -0.1) is 0 Å². The minimum atomic E-state index is 0.0869. The number of piperazine rings is 1. The number of carbonyl (C=O) groups excluding carboxylic acids is 1. The number of hydrogen-bond acceptors (Lipinski definition) is 3. The second-order valence-corrected chi connectivity index (χ2v) is 6.85. The van der Waals surface area contributed by atoms with Crippen LogP contribution < -0.4 is 0 Å². The lowest BCUT2D eigenvalue weighted by molar-refractivity contribution is 0.0473. The van der Waals surface area contributed by atoms with Crippen molar-refractivity contribution in [1.82, 2.24) is 19.6 Å². The highest BCUT2D eigenvalue weighted by atomic mass is 35.5. The van der Waals surface area contributed by atoms with Crippen LogP contribution in [0, 0.1) is 0 Å². The smallest absolute Gasteiger partial charge is 0.257 e. The molecule has 2 saturated heterocycles. The highest BCUT2D eigenvalue weighted by Gasteiger charge is 2.41. The van der Waals surface area contributed by atoms with Gasteiger partial charge in [-0.3, -0.25) is 4.79 Å². The van der Waals surface area contributed by atoms with Gasteiger partial charge in [-0.2, -0.15) is 5.10 Å². The van der Waals surface area contributed by atoms with E-state index in [9.17, 15) is 4.79 Å². The Labute approximate surface area is 140 Å². The van der Waals surface area contributed by atoms with Crippen LogP contribution in [-0.4, -0.2) is 57.7 Å². The first-order valence-electron chi connectivity index (χ1n) is 7.94. The van der Waals surface area contributed by atoms with E-state index in [2.05, 4.69) is 21.9 Å². The Morgan fingerprint density at radius 2 is 1.91 bits per heavy atom. The third kappa shape index (κ3) is 2.54. The van der Waals surface area contributed by atoms with Gasteiger partial charge in [-0.05, 0) is 32.0 Å². The first kappa shape index (κ1) is 14.7. The van der Waals surface area contributed by atoms with Crippen molar-refractivity contribution in [3.63, 3.8) is 0 Å². The predicted octanol–water partition coefficient (Wildman–Crippen LogP) is 2.44. The molecule has 23 heavy (non-hydrogen) atoms. The second-order valence-electron chi connectivity index (χ2n) is 6.44. The molecule has 2 unspecified atom stereocenters. The number of amides is 1. The van der Waals surface area contributed by atoms with E-state index in [1.165, 1.54) is 0 Å². The molecule has 0 aliphatic carbocycles. The molecule has 0 radical (unpaired) electrons. The Bertz CT molecular complexity index is 730. The summed E-state index contributed by atoms with van der Waals surface area (Å²) in [7, 11) is 2.13. The molecule has 120 valence electrons. The Hall–Kier alpha value is -1.85. The van der Waals surface area contributed by atoms with Crippen molar-refractivity contribution in [1.29, 1.82) is 0 Å². The fourth-order valence-electron chi connectivity index (χ4n) is 3.80. The maximum Gasteiger partial charge on any atom is 0.257 e. The molecule has 2 bridgehead atoms. The summed E-state index contributed by atoms with van der Waals surface area (Å²) in [5, 5.41) is 4.94. The van der Waals surface area contributed by atoms with Gasteiger partial charge in [-0.25, -0.2) is 4.68 Å². The molecule has 5 nitrogen and oxygen atoms in total. The van der Waals surface area contributed by atoms with E-state index < -0.39 is 0 Å². The van der Waals surface area contributed by atoms with Gasteiger partial charge in [0.1, 0.15) is 0 Å². The van der Waals surface area contributed by atoms with Crippen LogP contribution in [0.3, 0.4) is 0 Å². The summed E-state index contributed by atoms with van der Waals surface area (Å²) in [4.78, 5) is 17.3. The maximum absolute atomic E-state index is 12.9. The highest BCUT2D eigenvalue weighted by Crippen LogP contribution is 2.31. The number of likely N-dealkylation sites (tertiary alicyclic amines) is 1. The summed E-state index contributed by atoms with van der Waals surface area (Å²) < 4.78 is 1.67. The normalized spacial score (nSPS) is 24.2. The average molecular weight is 331 g/mol. The van der Waals surface area contributed by atoms with Crippen molar-refractivity contribution in [2.24, 2.45) is 0 Å². The van der Waals surface area contributed by atoms with Gasteiger partial charge >= 0.3 is 0 Å². The number of nitrogens with zero attached hydrogens (tertiary/aromatic N) is 4. The summed E-state index contributed by atoms with van der Waals surface area (Å²) in [6, 6.07) is 8.16. The van der Waals surface area contributed by atoms with Crippen LogP contribution in [0.15, 0.2) is 36.7 Å². The first-order chi connectivity index (χ1) is 11.1. The van der Waals surface area contributed by atoms with Crippen molar-refractivity contribution in [2.75, 3.05) is 20.1 Å². The zero-order valence-corrected chi connectivity index (χ0v) is 13.8. The largest absolute Gasteiger partial charge is 0.330 e. The Kier molecular flexibility index (Phi) is 3.62. The van der Waals surface area contributed by atoms with Gasteiger partial charge < -0.3 is 9.80 Å². The minimum Gasteiger partial charge on any atom is -0.330 e. The summed E-state index contributed by atoms with van der Waals surface area (Å²) in [5.41, 5.74) is 1.42. The summed E-state index contributed by atoms with van der Waals surface area (Å²) in [6.45, 7) is 1.92. The average Bonchev–Trinajstić information content (AvgIpc) is 3.11. The predicted molar refractivity (Wildman–Crippen MR) is 89.1 cm³/mol. The number of rotatable bonds is 2. The van der Waals surface area contributed by atoms with E-state index in [-0.39, 0.29) is 5.91 Å². The van der Waals surface area contributed by atoms with Crippen molar-refractivity contribution in [3.8, 4) is 5.69 Å². The maximum atomic E-state index is 12.9. The monoisotopic (exact) mass is 330 g/mol. The number of carbonyl (C=O) groups is 1. The van der Waals surface area contributed by atoms with E-state index in [1.54, 1.807) is 17.1 Å². The zero-order valence-electron chi connectivity index (χ0n) is 13.0. The molecular formula is C17H19ClN4O. The fraction of sp³-hybridized carbons (Fsp3) is 0.412. The number of fused-ring (bicyclic) bond motifs is 2. The van der Waals surface area contributed by atoms with Crippen molar-refractivity contribution in [2.45, 2.75) is 24.9 Å². The van der Waals surface area contributed by atoms with Gasteiger partial charge in [0.15, 0.2) is 0 Å². The molecule has 1 aromatic heterocycles. The summed E-state index contributed by atoms with van der Waals surface area (Å²) >= 11 is 6.21. The Morgan fingerprint density at radius 3 is 2.61 bits per heavy atom. The third-order valence-corrected chi connectivity index (χ3v) is 5.15. The number of hydrogen-bond donors (Lipinski definition) is 0. The second kappa shape index (κ2) is 5.65. The highest BCUT2D eigenvalue weighted by molar-refractivity contribution is 6.32. The van der Waals surface area contributed by atoms with Gasteiger partial charge in [-0.1, -0.05) is 23.7 Å². The van der Waals surface area contributed by atoms with Crippen molar-refractivity contribution < 1.29 is 4.79 Å². The number of para-hydroxylation sites is 1. The van der Waals surface area contributed by atoms with Crippen LogP contribution in [0.4, 0.5) is 0 Å². The molecule has 2 aromatic rings. The Balaban J connectivity index is 1.60. The lowest BCUT2D eigenvalue weighted by atomic mass is 10.1. The number of halogens is 1. The lowest BCUT2D eigenvalue weighted by Gasteiger charge is -2.39. The molecule has 4 rings (SSSR count). The molecule has 2 aliphatic heterocycles. The van der Waals surface area contributed by atoms with E-state index in [0.717, 1.165) is 31.6 Å². The van der Waals surface area contributed by atoms with Crippen LogP contribution in [0.1, 0.15) is 23.2 Å². The quantitative estimate of drug-likeness (QED) is 0.849. The fourth-order valence-corrected chi connectivity index (χ4v) is 4.02. The molecule has 2 fully saturated rings. The molecule has 0 saturated carbocycles. The third-order valence-electron chi connectivity index (χ3n) is 4.83. The van der Waals surface area contributed by atoms with Crippen LogP contribution in [0.2, 0.25) is 5.02 Å². The molecule has 2 aliphatic rings. The van der Waals surface area contributed by atoms with E-state index in [1.807, 2.05) is 24.3 Å². The SMILES string of the molecule is CN1CC2CCC(C1)N2C(=O)c1cnn(-c2ccccc2Cl)c1. The van der Waals surface area contributed by atoms with Crippen LogP contribution >= 0.6 is 11.6 Å². The van der Waals surface area contributed by atoms with Crippen LogP contribution in [0.25, 0.3) is 5.69 Å². The summed E-state index contributed by atoms with van der Waals surface area (Å²) in [6.07, 6.45) is 5.61. The van der Waals surface area contributed by atoms with Gasteiger partial charge in [0.25, 0.3) is 5.91 Å². The first-order valence-corrected chi connectivity index (χ1v) is 8.32. The zero-order chi connectivity index (χ0) is 16.0. The van der Waals surface area contributed by atoms with Gasteiger partial charge in [0.05, 0.1) is 22.5 Å². The molecule has 1 amide bonds. The molecular weight excluding hydrogens is 312 g/mol. The van der Waals surface area contributed by atoms with E-state index in [4.69, 9.17) is 11.6 Å². The standard InChI is InChI=1S/C17H19ClN4O/c1-20-10-13-6-7-14(11-20)22(13)17(23)12-8-19-21(9-12)16-5-3-2-4-15(16)18/h2-5,8-9,13-14H,6-7,10-11H2,1H3. The molecule has 6 heteroatoms. The van der Waals surface area contributed by atoms with Crippen molar-refractivity contribution >= 4 is 17.5 Å². The van der Waals surface area contributed by atoms with Crippen molar-refractivity contribution in [3.05, 3.63) is 47.2 Å². The molecule has 0 N–H and O–H groups in total. The number of benzene rings is 1. The van der Waals surface area contributed by atoms with Crippen LogP contribution in [0.5, 0.6) is 0 Å². The molecule has 0 spiro atoms. The topological polar surface area (TPSA) is 41.4 Å². The van der Waals surface area contributed by atoms with Gasteiger partial charge in [0, 0.05) is 31.4 Å². The number of likely N-dealkylation sites (N-methyl/N-ethyl adjacent to an activating group) is 1.